The summed E-state index contributed by atoms with van der Waals surface area (Å²) in [6.07, 6.45) is 0.716. The van der Waals surface area contributed by atoms with Gasteiger partial charge >= 0.3 is 0 Å². The molecule has 4 aromatic rings. The van der Waals surface area contributed by atoms with Crippen molar-refractivity contribution < 1.29 is 13.6 Å². The van der Waals surface area contributed by atoms with E-state index in [4.69, 9.17) is 0 Å². The molecule has 0 saturated heterocycles. The second-order valence-electron chi connectivity index (χ2n) is 5.73. The van der Waals surface area contributed by atoms with Crippen molar-refractivity contribution in [1.29, 1.82) is 0 Å². The number of aromatic nitrogens is 4. The van der Waals surface area contributed by atoms with E-state index in [9.17, 15) is 13.6 Å². The first-order valence-corrected chi connectivity index (χ1v) is 8.69. The van der Waals surface area contributed by atoms with Crippen LogP contribution in [0.5, 0.6) is 0 Å². The molecule has 0 spiro atoms. The highest BCUT2D eigenvalue weighted by Gasteiger charge is 2.15. The maximum absolute atomic E-state index is 12.8. The van der Waals surface area contributed by atoms with Crippen molar-refractivity contribution in [2.45, 2.75) is 6.43 Å². The number of rotatable bonds is 4. The van der Waals surface area contributed by atoms with E-state index in [0.717, 1.165) is 4.47 Å². The van der Waals surface area contributed by atoms with Crippen LogP contribution in [0.25, 0.3) is 16.7 Å². The van der Waals surface area contributed by atoms with Gasteiger partial charge < -0.3 is 10.3 Å². The van der Waals surface area contributed by atoms with Gasteiger partial charge in [-0.1, -0.05) is 12.1 Å². The van der Waals surface area contributed by atoms with Crippen molar-refractivity contribution in [1.82, 2.24) is 19.7 Å². The minimum absolute atomic E-state index is 0.323. The minimum Gasteiger partial charge on any atom is -0.337 e. The summed E-state index contributed by atoms with van der Waals surface area (Å²) < 4.78 is 28.0. The first-order chi connectivity index (χ1) is 13.0. The fourth-order valence-electron chi connectivity index (χ4n) is 2.68. The Kier molecular flexibility index (Phi) is 4.44. The zero-order valence-electron chi connectivity index (χ0n) is 13.7. The van der Waals surface area contributed by atoms with E-state index in [1.54, 1.807) is 35.3 Å². The van der Waals surface area contributed by atoms with Crippen molar-refractivity contribution in [2.24, 2.45) is 0 Å². The Bertz CT molecular complexity index is 1140. The summed E-state index contributed by atoms with van der Waals surface area (Å²) in [6, 6.07) is 11.8. The molecule has 1 amide bonds. The maximum atomic E-state index is 12.8. The number of para-hydroxylation sites is 2. The highest BCUT2D eigenvalue weighted by molar-refractivity contribution is 9.10. The summed E-state index contributed by atoms with van der Waals surface area (Å²) in [5, 5.41) is 7.05. The van der Waals surface area contributed by atoms with Gasteiger partial charge in [0.15, 0.2) is 5.82 Å². The van der Waals surface area contributed by atoms with E-state index < -0.39 is 12.2 Å². The van der Waals surface area contributed by atoms with Crippen molar-refractivity contribution in [3.63, 3.8) is 0 Å². The number of carbonyl (C=O) groups is 1. The Hall–Kier alpha value is -3.07. The molecule has 9 heteroatoms. The molecule has 6 nitrogen and oxygen atoms in total. The quantitative estimate of drug-likeness (QED) is 0.491. The standard InChI is InChI=1S/C18H12BrF2N5O/c19-11-8-22-26(9-11)15-4-2-1-3-13(15)25-18(27)10-5-6-12-14(7-10)24-17(23-12)16(20)21/h1-9,16H,(H,23,24)(H,25,27). The average molecular weight is 432 g/mol. The zero-order valence-corrected chi connectivity index (χ0v) is 15.2. The third kappa shape index (κ3) is 3.45. The molecule has 4 rings (SSSR count). The van der Waals surface area contributed by atoms with E-state index in [1.165, 1.54) is 12.1 Å². The van der Waals surface area contributed by atoms with Crippen LogP contribution in [0, 0.1) is 0 Å². The first kappa shape index (κ1) is 17.3. The van der Waals surface area contributed by atoms with E-state index in [1.807, 2.05) is 12.1 Å². The Morgan fingerprint density at radius 3 is 2.78 bits per heavy atom. The van der Waals surface area contributed by atoms with Gasteiger partial charge in [-0.3, -0.25) is 4.79 Å². The number of nitrogens with zero attached hydrogens (tertiary/aromatic N) is 3. The molecule has 0 unspecified atom stereocenters. The Labute approximate surface area is 160 Å². The lowest BCUT2D eigenvalue weighted by molar-refractivity contribution is 0.102. The van der Waals surface area contributed by atoms with Crippen LogP contribution in [0.4, 0.5) is 14.5 Å². The number of halogens is 3. The van der Waals surface area contributed by atoms with Crippen molar-refractivity contribution >= 4 is 38.6 Å². The second-order valence-corrected chi connectivity index (χ2v) is 6.64. The monoisotopic (exact) mass is 431 g/mol. The number of imidazole rings is 1. The summed E-state index contributed by atoms with van der Waals surface area (Å²) >= 11 is 3.34. The lowest BCUT2D eigenvalue weighted by atomic mass is 10.1. The lowest BCUT2D eigenvalue weighted by Gasteiger charge is -2.11. The fraction of sp³-hybridized carbons (Fsp3) is 0.0556. The molecule has 0 saturated carbocycles. The smallest absolute Gasteiger partial charge is 0.295 e. The lowest BCUT2D eigenvalue weighted by Crippen LogP contribution is -2.14. The predicted octanol–water partition coefficient (Wildman–Crippen LogP) is 4.70. The molecule has 2 aromatic heterocycles. The minimum atomic E-state index is -2.70. The van der Waals surface area contributed by atoms with Gasteiger partial charge in [0, 0.05) is 11.8 Å². The van der Waals surface area contributed by atoms with Gasteiger partial charge in [-0.05, 0) is 46.3 Å². The number of alkyl halides is 2. The van der Waals surface area contributed by atoms with E-state index in [2.05, 4.69) is 36.3 Å². The third-order valence-corrected chi connectivity index (χ3v) is 4.33. The van der Waals surface area contributed by atoms with Crippen LogP contribution < -0.4 is 5.32 Å². The van der Waals surface area contributed by atoms with Gasteiger partial charge in [0.2, 0.25) is 0 Å². The molecule has 2 heterocycles. The van der Waals surface area contributed by atoms with Crippen molar-refractivity contribution in [3.05, 3.63) is 70.7 Å². The normalized spacial score (nSPS) is 11.3. The van der Waals surface area contributed by atoms with Gasteiger partial charge in [0.1, 0.15) is 0 Å². The van der Waals surface area contributed by atoms with Crippen LogP contribution >= 0.6 is 15.9 Å². The third-order valence-electron chi connectivity index (χ3n) is 3.92. The van der Waals surface area contributed by atoms with E-state index >= 15 is 0 Å². The van der Waals surface area contributed by atoms with E-state index in [0.29, 0.717) is 28.0 Å². The molecule has 0 fully saturated rings. The van der Waals surface area contributed by atoms with Gasteiger partial charge in [-0.25, -0.2) is 18.4 Å². The Morgan fingerprint density at radius 2 is 2.04 bits per heavy atom. The maximum Gasteiger partial charge on any atom is 0.295 e. The topological polar surface area (TPSA) is 75.6 Å². The molecular formula is C18H12BrF2N5O. The number of hydrogen-bond donors (Lipinski definition) is 2. The van der Waals surface area contributed by atoms with Gasteiger partial charge in [-0.15, -0.1) is 0 Å². The summed E-state index contributed by atoms with van der Waals surface area (Å²) in [7, 11) is 0. The molecule has 0 atom stereocenters. The molecule has 2 N–H and O–H groups in total. The molecule has 2 aromatic carbocycles. The van der Waals surface area contributed by atoms with Gasteiger partial charge in [0.25, 0.3) is 12.3 Å². The number of carbonyl (C=O) groups excluding carboxylic acids is 1. The SMILES string of the molecule is O=C(Nc1ccccc1-n1cc(Br)cn1)c1ccc2nc(C(F)F)[nH]c2c1. The fourth-order valence-corrected chi connectivity index (χ4v) is 2.97. The molecule has 27 heavy (non-hydrogen) atoms. The molecule has 0 aliphatic rings. The summed E-state index contributed by atoms with van der Waals surface area (Å²) in [5.74, 6) is -0.791. The largest absolute Gasteiger partial charge is 0.337 e. The number of amides is 1. The molecule has 0 bridgehead atoms. The summed E-state index contributed by atoms with van der Waals surface area (Å²) in [5.41, 5.74) is 2.34. The van der Waals surface area contributed by atoms with Gasteiger partial charge in [0.05, 0.1) is 33.1 Å². The molecular weight excluding hydrogens is 420 g/mol. The van der Waals surface area contributed by atoms with Crippen LogP contribution in [-0.4, -0.2) is 25.7 Å². The highest BCUT2D eigenvalue weighted by Crippen LogP contribution is 2.23. The molecule has 0 aliphatic carbocycles. The van der Waals surface area contributed by atoms with Crippen LogP contribution in [0.2, 0.25) is 0 Å². The zero-order chi connectivity index (χ0) is 19.0. The van der Waals surface area contributed by atoms with Crippen molar-refractivity contribution in [3.8, 4) is 5.69 Å². The Balaban J connectivity index is 1.64. The number of hydrogen-bond acceptors (Lipinski definition) is 3. The number of H-pyrrole nitrogens is 1. The second kappa shape index (κ2) is 6.92. The predicted molar refractivity (Wildman–Crippen MR) is 100 cm³/mol. The Morgan fingerprint density at radius 1 is 1.22 bits per heavy atom. The number of nitrogens with one attached hydrogen (secondary N) is 2. The molecule has 0 radical (unpaired) electrons. The number of aromatic amines is 1. The van der Waals surface area contributed by atoms with E-state index in [-0.39, 0.29) is 5.91 Å². The van der Waals surface area contributed by atoms with Crippen molar-refractivity contribution in [2.75, 3.05) is 5.32 Å². The van der Waals surface area contributed by atoms with Crippen LogP contribution in [-0.2, 0) is 0 Å². The summed E-state index contributed by atoms with van der Waals surface area (Å²) in [4.78, 5) is 19.0. The first-order valence-electron chi connectivity index (χ1n) is 7.90. The summed E-state index contributed by atoms with van der Waals surface area (Å²) in [6.45, 7) is 0. The molecule has 136 valence electrons. The van der Waals surface area contributed by atoms with Crippen LogP contribution in [0.1, 0.15) is 22.6 Å². The van der Waals surface area contributed by atoms with Crippen LogP contribution in [0.15, 0.2) is 59.3 Å². The van der Waals surface area contributed by atoms with Crippen LogP contribution in [0.3, 0.4) is 0 Å². The number of benzene rings is 2. The number of anilines is 1. The number of fused-ring (bicyclic) bond motifs is 1. The van der Waals surface area contributed by atoms with Gasteiger partial charge in [-0.2, -0.15) is 5.10 Å². The average Bonchev–Trinajstić information content (AvgIpc) is 3.27. The highest BCUT2D eigenvalue weighted by atomic mass is 79.9. The molecule has 0 aliphatic heterocycles.